The fourth-order valence-electron chi connectivity index (χ4n) is 1.26. The highest BCUT2D eigenvalue weighted by atomic mass is 16.6. The van der Waals surface area contributed by atoms with E-state index in [1.807, 2.05) is 45.3 Å². The summed E-state index contributed by atoms with van der Waals surface area (Å²) in [5.74, 6) is 5.99. The van der Waals surface area contributed by atoms with Crippen molar-refractivity contribution in [2.75, 3.05) is 27.2 Å². The second-order valence-corrected chi connectivity index (χ2v) is 4.00. The predicted molar refractivity (Wildman–Crippen MR) is 64.2 cm³/mol. The summed E-state index contributed by atoms with van der Waals surface area (Å²) in [4.78, 5) is 6.82. The van der Waals surface area contributed by atoms with E-state index in [0.717, 1.165) is 17.9 Å². The zero-order valence-corrected chi connectivity index (χ0v) is 10.1. The maximum atomic E-state index is 5.57. The third kappa shape index (κ3) is 4.18. The van der Waals surface area contributed by atoms with Gasteiger partial charge in [0.1, 0.15) is 18.5 Å². The summed E-state index contributed by atoms with van der Waals surface area (Å²) < 4.78 is 5.57. The van der Waals surface area contributed by atoms with Gasteiger partial charge in [0, 0.05) is 6.54 Å². The number of ether oxygens (including phenoxy) is 1. The van der Waals surface area contributed by atoms with Gasteiger partial charge >= 0.3 is 0 Å². The first-order valence-electron chi connectivity index (χ1n) is 5.36. The van der Waals surface area contributed by atoms with E-state index in [1.54, 1.807) is 0 Å². The number of benzene rings is 1. The lowest BCUT2D eigenvalue weighted by atomic mass is 10.1. The van der Waals surface area contributed by atoms with Crippen LogP contribution >= 0.6 is 0 Å². The summed E-state index contributed by atoms with van der Waals surface area (Å²) in [5, 5.41) is 0. The van der Waals surface area contributed by atoms with Crippen LogP contribution in [-0.2, 0) is 4.84 Å². The Hall–Kier alpha value is -1.10. The lowest BCUT2D eigenvalue weighted by Gasteiger charge is -2.12. The van der Waals surface area contributed by atoms with E-state index in [4.69, 9.17) is 15.5 Å². The molecule has 0 aromatic heterocycles. The maximum Gasteiger partial charge on any atom is 0.119 e. The van der Waals surface area contributed by atoms with Gasteiger partial charge in [-0.2, -0.15) is 0 Å². The van der Waals surface area contributed by atoms with Gasteiger partial charge in [0.2, 0.25) is 0 Å². The van der Waals surface area contributed by atoms with Crippen molar-refractivity contribution in [2.45, 2.75) is 13.0 Å². The van der Waals surface area contributed by atoms with E-state index in [1.165, 1.54) is 0 Å². The largest absolute Gasteiger partial charge is 0.492 e. The Balaban J connectivity index is 2.45. The Bertz CT molecular complexity index is 298. The van der Waals surface area contributed by atoms with Crippen LogP contribution in [0.4, 0.5) is 0 Å². The molecule has 0 saturated heterocycles. The van der Waals surface area contributed by atoms with Crippen LogP contribution in [0.15, 0.2) is 24.3 Å². The maximum absolute atomic E-state index is 5.57. The number of nitrogens with two attached hydrogens (primary N) is 1. The highest BCUT2D eigenvalue weighted by Gasteiger charge is 2.03. The molecule has 0 aliphatic carbocycles. The molecule has 0 saturated carbocycles. The van der Waals surface area contributed by atoms with Crippen LogP contribution in [0.3, 0.4) is 0 Å². The summed E-state index contributed by atoms with van der Waals surface area (Å²) in [6.45, 7) is 3.50. The molecule has 1 rings (SSSR count). The molecule has 4 nitrogen and oxygen atoms in total. The zero-order valence-electron chi connectivity index (χ0n) is 10.1. The van der Waals surface area contributed by atoms with Crippen molar-refractivity contribution < 1.29 is 9.57 Å². The fourth-order valence-corrected chi connectivity index (χ4v) is 1.26. The van der Waals surface area contributed by atoms with Gasteiger partial charge in [-0.1, -0.05) is 12.1 Å². The van der Waals surface area contributed by atoms with Crippen molar-refractivity contribution in [3.8, 4) is 5.75 Å². The number of nitrogens with zero attached hydrogens (tertiary/aromatic N) is 1. The zero-order chi connectivity index (χ0) is 12.0. The molecule has 0 heterocycles. The van der Waals surface area contributed by atoms with E-state index < -0.39 is 0 Å². The minimum absolute atomic E-state index is 0.0872. The Kier molecular flexibility index (Phi) is 5.25. The third-order valence-corrected chi connectivity index (χ3v) is 2.36. The average Bonchev–Trinajstić information content (AvgIpc) is 2.28. The molecule has 1 atom stereocenters. The normalized spacial score (nSPS) is 12.8. The van der Waals surface area contributed by atoms with E-state index in [0.29, 0.717) is 6.61 Å². The average molecular weight is 224 g/mol. The van der Waals surface area contributed by atoms with Crippen LogP contribution in [-0.4, -0.2) is 32.1 Å². The van der Waals surface area contributed by atoms with Crippen LogP contribution in [0.25, 0.3) is 0 Å². The molecular weight excluding hydrogens is 204 g/mol. The topological polar surface area (TPSA) is 47.7 Å². The van der Waals surface area contributed by atoms with Crippen LogP contribution in [0.1, 0.15) is 18.6 Å². The lowest BCUT2D eigenvalue weighted by Crippen LogP contribution is -2.19. The molecule has 0 aliphatic rings. The molecule has 1 unspecified atom stereocenters. The molecule has 0 bridgehead atoms. The first-order chi connectivity index (χ1) is 7.63. The third-order valence-electron chi connectivity index (χ3n) is 2.36. The van der Waals surface area contributed by atoms with Crippen LogP contribution in [0.2, 0.25) is 0 Å². The van der Waals surface area contributed by atoms with Gasteiger partial charge in [-0.05, 0) is 38.7 Å². The Morgan fingerprint density at radius 2 is 1.88 bits per heavy atom. The SMILES string of the molecule is CC(ON)c1ccc(OCCN(C)C)cc1. The van der Waals surface area contributed by atoms with Crippen molar-refractivity contribution >= 4 is 0 Å². The first-order valence-corrected chi connectivity index (χ1v) is 5.36. The number of rotatable bonds is 6. The predicted octanol–water partition coefficient (Wildman–Crippen LogP) is 1.58. The molecule has 16 heavy (non-hydrogen) atoms. The van der Waals surface area contributed by atoms with E-state index in [2.05, 4.69) is 4.90 Å². The first kappa shape index (κ1) is 13.0. The summed E-state index contributed by atoms with van der Waals surface area (Å²) in [7, 11) is 4.04. The molecule has 1 aromatic rings. The molecule has 1 aromatic carbocycles. The molecular formula is C12H20N2O2. The molecule has 0 aliphatic heterocycles. The van der Waals surface area contributed by atoms with Crippen LogP contribution in [0, 0.1) is 0 Å². The molecule has 0 spiro atoms. The van der Waals surface area contributed by atoms with Gasteiger partial charge in [0.05, 0.1) is 0 Å². The van der Waals surface area contributed by atoms with Gasteiger partial charge in [-0.3, -0.25) is 4.84 Å². The summed E-state index contributed by atoms with van der Waals surface area (Å²) in [6, 6.07) is 7.78. The van der Waals surface area contributed by atoms with E-state index in [9.17, 15) is 0 Å². The summed E-state index contributed by atoms with van der Waals surface area (Å²) in [6.07, 6.45) is -0.0872. The Morgan fingerprint density at radius 1 is 1.25 bits per heavy atom. The van der Waals surface area contributed by atoms with Gasteiger partial charge < -0.3 is 9.64 Å². The molecule has 90 valence electrons. The van der Waals surface area contributed by atoms with Gasteiger partial charge in [-0.25, -0.2) is 5.90 Å². The van der Waals surface area contributed by atoms with Crippen molar-refractivity contribution in [1.29, 1.82) is 0 Å². The van der Waals surface area contributed by atoms with Crippen LogP contribution in [0.5, 0.6) is 5.75 Å². The molecule has 2 N–H and O–H groups in total. The second kappa shape index (κ2) is 6.48. The van der Waals surface area contributed by atoms with E-state index >= 15 is 0 Å². The summed E-state index contributed by atoms with van der Waals surface area (Å²) >= 11 is 0. The minimum Gasteiger partial charge on any atom is -0.492 e. The van der Waals surface area contributed by atoms with Gasteiger partial charge in [-0.15, -0.1) is 0 Å². The van der Waals surface area contributed by atoms with Crippen molar-refractivity contribution in [3.05, 3.63) is 29.8 Å². The smallest absolute Gasteiger partial charge is 0.119 e. The quantitative estimate of drug-likeness (QED) is 0.745. The van der Waals surface area contributed by atoms with Crippen molar-refractivity contribution in [2.24, 2.45) is 5.90 Å². The Labute approximate surface area is 96.9 Å². The minimum atomic E-state index is -0.0872. The molecule has 0 amide bonds. The standard InChI is InChI=1S/C12H20N2O2/c1-10(16-13)11-4-6-12(7-5-11)15-9-8-14(2)3/h4-7,10H,8-9,13H2,1-3H3. The number of hydrogen-bond donors (Lipinski definition) is 1. The number of likely N-dealkylation sites (N-methyl/N-ethyl adjacent to an activating group) is 1. The Morgan fingerprint density at radius 3 is 2.38 bits per heavy atom. The van der Waals surface area contributed by atoms with E-state index in [-0.39, 0.29) is 6.10 Å². The fraction of sp³-hybridized carbons (Fsp3) is 0.500. The monoisotopic (exact) mass is 224 g/mol. The molecule has 4 heteroatoms. The van der Waals surface area contributed by atoms with Gasteiger partial charge in [0.25, 0.3) is 0 Å². The van der Waals surface area contributed by atoms with Crippen LogP contribution < -0.4 is 10.6 Å². The van der Waals surface area contributed by atoms with Crippen molar-refractivity contribution in [3.63, 3.8) is 0 Å². The molecule has 0 fully saturated rings. The number of hydrogen-bond acceptors (Lipinski definition) is 4. The second-order valence-electron chi connectivity index (χ2n) is 4.00. The highest BCUT2D eigenvalue weighted by Crippen LogP contribution is 2.18. The highest BCUT2D eigenvalue weighted by molar-refractivity contribution is 5.28. The molecule has 0 radical (unpaired) electrons. The van der Waals surface area contributed by atoms with Gasteiger partial charge in [0.15, 0.2) is 0 Å². The summed E-state index contributed by atoms with van der Waals surface area (Å²) in [5.41, 5.74) is 1.04. The van der Waals surface area contributed by atoms with Crippen molar-refractivity contribution in [1.82, 2.24) is 4.90 Å². The lowest BCUT2D eigenvalue weighted by molar-refractivity contribution is 0.0664.